The van der Waals surface area contributed by atoms with Crippen LogP contribution < -0.4 is 10.2 Å². The molecule has 1 amide bonds. The van der Waals surface area contributed by atoms with Gasteiger partial charge in [-0.2, -0.15) is 13.2 Å². The van der Waals surface area contributed by atoms with Crippen molar-refractivity contribution in [3.63, 3.8) is 0 Å². The summed E-state index contributed by atoms with van der Waals surface area (Å²) in [6.45, 7) is 6.73. The molecule has 0 bridgehead atoms. The lowest BCUT2D eigenvalue weighted by atomic mass is 10.2. The summed E-state index contributed by atoms with van der Waals surface area (Å²) in [6.07, 6.45) is -2.42. The third-order valence-corrected chi connectivity index (χ3v) is 3.77. The van der Waals surface area contributed by atoms with E-state index in [9.17, 15) is 18.0 Å². The summed E-state index contributed by atoms with van der Waals surface area (Å²) >= 11 is 0. The molecule has 0 aliphatic carbocycles. The number of amides is 1. The highest BCUT2D eigenvalue weighted by Crippen LogP contribution is 2.28. The number of carbonyl (C=O) groups is 1. The molecule has 6 nitrogen and oxygen atoms in total. The summed E-state index contributed by atoms with van der Waals surface area (Å²) < 4.78 is 37.5. The smallest absolute Gasteiger partial charge is 0.339 e. The Morgan fingerprint density at radius 3 is 2.24 bits per heavy atom. The predicted octanol–water partition coefficient (Wildman–Crippen LogP) is 1.95. The molecular formula is C15H23ClF3N5O. The molecule has 0 atom stereocenters. The van der Waals surface area contributed by atoms with Gasteiger partial charge in [0.15, 0.2) is 0 Å². The average Bonchev–Trinajstić information content (AvgIpc) is 2.54. The molecule has 0 radical (unpaired) electrons. The van der Waals surface area contributed by atoms with Crippen LogP contribution in [0.1, 0.15) is 25.8 Å². The van der Waals surface area contributed by atoms with Crippen LogP contribution in [-0.2, 0) is 11.0 Å². The summed E-state index contributed by atoms with van der Waals surface area (Å²) in [5, 5.41) is 3.20. The minimum absolute atomic E-state index is 0. The Kier molecular flexibility index (Phi) is 7.88. The molecule has 0 unspecified atom stereocenters. The van der Waals surface area contributed by atoms with E-state index in [1.165, 1.54) is 0 Å². The van der Waals surface area contributed by atoms with Crippen molar-refractivity contribution in [3.8, 4) is 0 Å². The molecule has 1 aliphatic heterocycles. The molecule has 1 aliphatic rings. The van der Waals surface area contributed by atoms with Crippen molar-refractivity contribution in [3.05, 3.63) is 18.0 Å². The van der Waals surface area contributed by atoms with Crippen molar-refractivity contribution in [1.29, 1.82) is 0 Å². The minimum Gasteiger partial charge on any atom is -0.339 e. The summed E-state index contributed by atoms with van der Waals surface area (Å²) in [6, 6.07) is 0.339. The minimum atomic E-state index is -4.44. The Morgan fingerprint density at radius 2 is 1.76 bits per heavy atom. The van der Waals surface area contributed by atoms with Crippen LogP contribution >= 0.6 is 12.4 Å². The first-order valence-electron chi connectivity index (χ1n) is 7.92. The highest BCUT2D eigenvalue weighted by molar-refractivity contribution is 5.85. The number of anilines is 1. The SMILES string of the molecule is CC(C)NCCC(=O)N1CCN(c2ncc(C(F)(F)F)cn2)CC1.Cl. The number of aromatic nitrogens is 2. The first-order chi connectivity index (χ1) is 11.3. The van der Waals surface area contributed by atoms with Gasteiger partial charge in [-0.15, -0.1) is 12.4 Å². The lowest BCUT2D eigenvalue weighted by molar-refractivity contribution is -0.138. The molecule has 1 aromatic rings. The maximum atomic E-state index is 12.5. The van der Waals surface area contributed by atoms with E-state index < -0.39 is 11.7 Å². The Bertz CT molecular complexity index is 545. The molecule has 10 heteroatoms. The van der Waals surface area contributed by atoms with Gasteiger partial charge in [0.25, 0.3) is 0 Å². The molecule has 0 aromatic carbocycles. The van der Waals surface area contributed by atoms with Crippen LogP contribution in [0.5, 0.6) is 0 Å². The van der Waals surface area contributed by atoms with E-state index in [2.05, 4.69) is 15.3 Å². The van der Waals surface area contributed by atoms with Crippen molar-refractivity contribution >= 4 is 24.3 Å². The number of hydrogen-bond donors (Lipinski definition) is 1. The van der Waals surface area contributed by atoms with Crippen LogP contribution in [0.25, 0.3) is 0 Å². The third kappa shape index (κ3) is 6.32. The van der Waals surface area contributed by atoms with Crippen molar-refractivity contribution < 1.29 is 18.0 Å². The van der Waals surface area contributed by atoms with Gasteiger partial charge in [-0.25, -0.2) is 9.97 Å². The Morgan fingerprint density at radius 1 is 1.20 bits per heavy atom. The number of piperazine rings is 1. The normalized spacial score (nSPS) is 15.3. The number of alkyl halides is 3. The van der Waals surface area contributed by atoms with E-state index in [-0.39, 0.29) is 24.3 Å². The predicted molar refractivity (Wildman–Crippen MR) is 90.8 cm³/mol. The van der Waals surface area contributed by atoms with Gasteiger partial charge in [0, 0.05) is 57.6 Å². The van der Waals surface area contributed by atoms with Crippen molar-refractivity contribution in [2.75, 3.05) is 37.6 Å². The third-order valence-electron chi connectivity index (χ3n) is 3.77. The monoisotopic (exact) mass is 381 g/mol. The standard InChI is InChI=1S/C15H22F3N5O.ClH/c1-11(2)19-4-3-13(24)22-5-7-23(8-6-22)14-20-9-12(10-21-14)15(16,17)18;/h9-11,19H,3-8H2,1-2H3;1H. The zero-order valence-electron chi connectivity index (χ0n) is 14.2. The molecule has 142 valence electrons. The van der Waals surface area contributed by atoms with Crippen LogP contribution in [0.2, 0.25) is 0 Å². The fourth-order valence-corrected chi connectivity index (χ4v) is 2.41. The Balaban J connectivity index is 0.00000312. The van der Waals surface area contributed by atoms with Crippen LogP contribution in [-0.4, -0.2) is 59.5 Å². The van der Waals surface area contributed by atoms with E-state index in [4.69, 9.17) is 0 Å². The highest BCUT2D eigenvalue weighted by atomic mass is 35.5. The second-order valence-corrected chi connectivity index (χ2v) is 6.00. The van der Waals surface area contributed by atoms with Gasteiger partial charge in [0.1, 0.15) is 0 Å². The maximum absolute atomic E-state index is 12.5. The fraction of sp³-hybridized carbons (Fsp3) is 0.667. The summed E-state index contributed by atoms with van der Waals surface area (Å²) in [5.41, 5.74) is -0.863. The molecule has 2 heterocycles. The van der Waals surface area contributed by atoms with Crippen LogP contribution in [0.4, 0.5) is 19.1 Å². The number of carbonyl (C=O) groups excluding carboxylic acids is 1. The molecule has 2 rings (SSSR count). The topological polar surface area (TPSA) is 61.4 Å². The van der Waals surface area contributed by atoms with E-state index >= 15 is 0 Å². The summed E-state index contributed by atoms with van der Waals surface area (Å²) in [4.78, 5) is 23.2. The first-order valence-corrected chi connectivity index (χ1v) is 7.92. The Labute approximate surface area is 151 Å². The largest absolute Gasteiger partial charge is 0.419 e. The number of halogens is 4. The molecule has 1 N–H and O–H groups in total. The second-order valence-electron chi connectivity index (χ2n) is 6.00. The van der Waals surface area contributed by atoms with Crippen molar-refractivity contribution in [2.45, 2.75) is 32.5 Å². The lowest BCUT2D eigenvalue weighted by Crippen LogP contribution is -2.49. The van der Waals surface area contributed by atoms with E-state index in [1.807, 2.05) is 13.8 Å². The number of rotatable bonds is 5. The molecular weight excluding hydrogens is 359 g/mol. The van der Waals surface area contributed by atoms with Gasteiger partial charge < -0.3 is 15.1 Å². The average molecular weight is 382 g/mol. The summed E-state index contributed by atoms with van der Waals surface area (Å²) in [5.74, 6) is 0.340. The molecule has 1 fully saturated rings. The van der Waals surface area contributed by atoms with Crippen LogP contribution in [0, 0.1) is 0 Å². The molecule has 0 spiro atoms. The van der Waals surface area contributed by atoms with Gasteiger partial charge in [0.05, 0.1) is 5.56 Å². The van der Waals surface area contributed by atoms with Crippen molar-refractivity contribution in [2.24, 2.45) is 0 Å². The van der Waals surface area contributed by atoms with Gasteiger partial charge in [-0.05, 0) is 0 Å². The fourth-order valence-electron chi connectivity index (χ4n) is 2.41. The number of nitrogens with one attached hydrogen (secondary N) is 1. The van der Waals surface area contributed by atoms with Gasteiger partial charge >= 0.3 is 6.18 Å². The molecule has 1 aromatic heterocycles. The van der Waals surface area contributed by atoms with Crippen molar-refractivity contribution in [1.82, 2.24) is 20.2 Å². The van der Waals surface area contributed by atoms with E-state index in [0.29, 0.717) is 45.2 Å². The number of hydrogen-bond acceptors (Lipinski definition) is 5. The van der Waals surface area contributed by atoms with Crippen LogP contribution in [0.3, 0.4) is 0 Å². The zero-order valence-corrected chi connectivity index (χ0v) is 15.0. The maximum Gasteiger partial charge on any atom is 0.419 e. The quantitative estimate of drug-likeness (QED) is 0.844. The van der Waals surface area contributed by atoms with Gasteiger partial charge in [-0.1, -0.05) is 13.8 Å². The van der Waals surface area contributed by atoms with E-state index in [1.54, 1.807) is 9.80 Å². The number of nitrogens with zero attached hydrogens (tertiary/aromatic N) is 4. The van der Waals surface area contributed by atoms with Gasteiger partial charge in [0.2, 0.25) is 11.9 Å². The van der Waals surface area contributed by atoms with Gasteiger partial charge in [-0.3, -0.25) is 4.79 Å². The second kappa shape index (κ2) is 9.19. The molecule has 1 saturated heterocycles. The zero-order chi connectivity index (χ0) is 17.7. The Hall–Kier alpha value is -1.61. The molecule has 25 heavy (non-hydrogen) atoms. The van der Waals surface area contributed by atoms with Crippen LogP contribution in [0.15, 0.2) is 12.4 Å². The molecule has 0 saturated carbocycles. The summed E-state index contributed by atoms with van der Waals surface area (Å²) in [7, 11) is 0. The highest BCUT2D eigenvalue weighted by Gasteiger charge is 2.32. The first kappa shape index (κ1) is 21.4. The van der Waals surface area contributed by atoms with E-state index in [0.717, 1.165) is 12.4 Å². The lowest BCUT2D eigenvalue weighted by Gasteiger charge is -2.34.